The molecule has 1 amide bonds. The van der Waals surface area contributed by atoms with Gasteiger partial charge in [0.05, 0.1) is 5.60 Å². The van der Waals surface area contributed by atoms with Crippen molar-refractivity contribution in [3.8, 4) is 0 Å². The molecule has 1 atom stereocenters. The summed E-state index contributed by atoms with van der Waals surface area (Å²) in [5.41, 5.74) is 5.05. The first-order chi connectivity index (χ1) is 7.43. The summed E-state index contributed by atoms with van der Waals surface area (Å²) in [6.45, 7) is 7.08. The lowest BCUT2D eigenvalue weighted by Crippen LogP contribution is -2.43. The molecular formula is C11H24N2O3. The Morgan fingerprint density at radius 2 is 2.12 bits per heavy atom. The minimum atomic E-state index is -0.485. The lowest BCUT2D eigenvalue weighted by molar-refractivity contribution is -0.141. The third kappa shape index (κ3) is 6.76. The molecule has 0 spiro atoms. The molecule has 1 unspecified atom stereocenters. The summed E-state index contributed by atoms with van der Waals surface area (Å²) in [5.74, 6) is -0.113. The number of rotatable bonds is 8. The van der Waals surface area contributed by atoms with E-state index in [2.05, 4.69) is 5.32 Å². The fourth-order valence-electron chi connectivity index (χ4n) is 1.15. The molecule has 0 aliphatic rings. The van der Waals surface area contributed by atoms with E-state index < -0.39 is 11.7 Å². The van der Waals surface area contributed by atoms with Crippen LogP contribution in [0.1, 0.15) is 27.2 Å². The van der Waals surface area contributed by atoms with Crippen LogP contribution in [0.15, 0.2) is 0 Å². The van der Waals surface area contributed by atoms with E-state index in [0.717, 1.165) is 6.42 Å². The average Bonchev–Trinajstić information content (AvgIpc) is 2.23. The van der Waals surface area contributed by atoms with Gasteiger partial charge in [-0.3, -0.25) is 4.79 Å². The highest BCUT2D eigenvalue weighted by atomic mass is 16.5. The summed E-state index contributed by atoms with van der Waals surface area (Å²) in [4.78, 5) is 11.6. The monoisotopic (exact) mass is 232 g/mol. The van der Waals surface area contributed by atoms with Crippen molar-refractivity contribution in [1.82, 2.24) is 5.32 Å². The molecule has 16 heavy (non-hydrogen) atoms. The normalized spacial score (nSPS) is 13.6. The Bertz CT molecular complexity index is 207. The fraction of sp³-hybridized carbons (Fsp3) is 0.909. The molecule has 96 valence electrons. The Hall–Kier alpha value is -0.650. The second-order valence-electron chi connectivity index (χ2n) is 4.36. The summed E-state index contributed by atoms with van der Waals surface area (Å²) < 4.78 is 10.4. The number of carbonyl (C=O) groups excluding carboxylic acids is 1. The molecule has 0 radical (unpaired) electrons. The summed E-state index contributed by atoms with van der Waals surface area (Å²) in [7, 11) is 1.64. The van der Waals surface area contributed by atoms with Crippen LogP contribution in [0.3, 0.4) is 0 Å². The van der Waals surface area contributed by atoms with Gasteiger partial charge in [-0.2, -0.15) is 0 Å². The second-order valence-corrected chi connectivity index (χ2v) is 4.36. The Labute approximate surface area is 97.7 Å². The minimum Gasteiger partial charge on any atom is -0.385 e. The molecule has 3 N–H and O–H groups in total. The first-order valence-electron chi connectivity index (χ1n) is 5.57. The van der Waals surface area contributed by atoms with Crippen LogP contribution in [0.5, 0.6) is 0 Å². The second kappa shape index (κ2) is 7.60. The number of nitrogens with two attached hydrogens (primary N) is 1. The van der Waals surface area contributed by atoms with Gasteiger partial charge in [0.25, 0.3) is 0 Å². The van der Waals surface area contributed by atoms with Crippen molar-refractivity contribution in [1.29, 1.82) is 0 Å². The van der Waals surface area contributed by atoms with E-state index in [1.54, 1.807) is 14.0 Å². The zero-order valence-electron chi connectivity index (χ0n) is 10.7. The van der Waals surface area contributed by atoms with Crippen molar-refractivity contribution >= 4 is 5.91 Å². The maximum atomic E-state index is 11.6. The molecule has 0 aromatic heterocycles. The van der Waals surface area contributed by atoms with Crippen molar-refractivity contribution in [3.05, 3.63) is 0 Å². The third-order valence-electron chi connectivity index (χ3n) is 2.18. The zero-order chi connectivity index (χ0) is 12.6. The molecule has 0 rings (SSSR count). The number of hydrogen-bond acceptors (Lipinski definition) is 4. The third-order valence-corrected chi connectivity index (χ3v) is 2.18. The number of nitrogens with one attached hydrogen (secondary N) is 1. The lowest BCUT2D eigenvalue weighted by atomic mass is 10.1. The van der Waals surface area contributed by atoms with Gasteiger partial charge in [0.2, 0.25) is 5.91 Å². The lowest BCUT2D eigenvalue weighted by Gasteiger charge is -2.27. The summed E-state index contributed by atoms with van der Waals surface area (Å²) in [5, 5.41) is 2.78. The van der Waals surface area contributed by atoms with Crippen molar-refractivity contribution in [2.75, 3.05) is 26.8 Å². The Morgan fingerprint density at radius 1 is 1.50 bits per heavy atom. The molecule has 0 heterocycles. The van der Waals surface area contributed by atoms with Gasteiger partial charge in [0.15, 0.2) is 0 Å². The predicted octanol–water partition coefficient (Wildman–Crippen LogP) is 0.282. The first-order valence-corrected chi connectivity index (χ1v) is 5.57. The number of amides is 1. The van der Waals surface area contributed by atoms with Gasteiger partial charge in [-0.05, 0) is 27.2 Å². The van der Waals surface area contributed by atoms with Crippen molar-refractivity contribution < 1.29 is 14.3 Å². The molecule has 0 fully saturated rings. The molecule has 5 nitrogen and oxygen atoms in total. The van der Waals surface area contributed by atoms with E-state index in [9.17, 15) is 4.79 Å². The van der Waals surface area contributed by atoms with Crippen LogP contribution in [0, 0.1) is 0 Å². The van der Waals surface area contributed by atoms with Crippen LogP contribution in [0.25, 0.3) is 0 Å². The summed E-state index contributed by atoms with van der Waals surface area (Å²) in [6.07, 6.45) is 0.316. The van der Waals surface area contributed by atoms with Crippen LogP contribution >= 0.6 is 0 Å². The van der Waals surface area contributed by atoms with Crippen LogP contribution in [-0.2, 0) is 14.3 Å². The summed E-state index contributed by atoms with van der Waals surface area (Å²) in [6, 6.07) is 0. The smallest absolute Gasteiger partial charge is 0.248 e. The Kier molecular flexibility index (Phi) is 7.29. The molecule has 0 aliphatic heterocycles. The molecular weight excluding hydrogens is 208 g/mol. The van der Waals surface area contributed by atoms with Gasteiger partial charge in [-0.25, -0.2) is 0 Å². The van der Waals surface area contributed by atoms with Gasteiger partial charge in [0, 0.05) is 26.8 Å². The first kappa shape index (κ1) is 15.3. The topological polar surface area (TPSA) is 73.6 Å². The van der Waals surface area contributed by atoms with Gasteiger partial charge in [-0.15, -0.1) is 0 Å². The van der Waals surface area contributed by atoms with Crippen LogP contribution in [0.4, 0.5) is 0 Å². The van der Waals surface area contributed by atoms with Crippen molar-refractivity contribution in [2.45, 2.75) is 38.9 Å². The molecule has 0 saturated carbocycles. The largest absolute Gasteiger partial charge is 0.385 e. The average molecular weight is 232 g/mol. The van der Waals surface area contributed by atoms with Gasteiger partial charge in [0.1, 0.15) is 6.10 Å². The van der Waals surface area contributed by atoms with Gasteiger partial charge < -0.3 is 20.5 Å². The SMILES string of the molecule is COCCCNC(=O)C(C)OC(C)(C)CN. The molecule has 0 aliphatic carbocycles. The van der Waals surface area contributed by atoms with E-state index in [-0.39, 0.29) is 5.91 Å². The molecule has 5 heteroatoms. The van der Waals surface area contributed by atoms with Crippen molar-refractivity contribution in [3.63, 3.8) is 0 Å². The highest BCUT2D eigenvalue weighted by Crippen LogP contribution is 2.10. The summed E-state index contributed by atoms with van der Waals surface area (Å²) >= 11 is 0. The van der Waals surface area contributed by atoms with Gasteiger partial charge in [-0.1, -0.05) is 0 Å². The highest BCUT2D eigenvalue weighted by Gasteiger charge is 2.23. The van der Waals surface area contributed by atoms with Crippen LogP contribution in [0.2, 0.25) is 0 Å². The highest BCUT2D eigenvalue weighted by molar-refractivity contribution is 5.80. The fourth-order valence-corrected chi connectivity index (χ4v) is 1.15. The van der Waals surface area contributed by atoms with Crippen LogP contribution < -0.4 is 11.1 Å². The van der Waals surface area contributed by atoms with E-state index in [1.807, 2.05) is 13.8 Å². The maximum Gasteiger partial charge on any atom is 0.248 e. The van der Waals surface area contributed by atoms with E-state index in [0.29, 0.717) is 19.7 Å². The predicted molar refractivity (Wildman–Crippen MR) is 63.2 cm³/mol. The quantitative estimate of drug-likeness (QED) is 0.590. The van der Waals surface area contributed by atoms with E-state index >= 15 is 0 Å². The standard InChI is InChI=1S/C11H24N2O3/c1-9(16-11(2,3)8-12)10(14)13-6-5-7-15-4/h9H,5-8,12H2,1-4H3,(H,13,14). The van der Waals surface area contributed by atoms with E-state index in [4.69, 9.17) is 15.2 Å². The number of methoxy groups -OCH3 is 1. The van der Waals surface area contributed by atoms with Gasteiger partial charge >= 0.3 is 0 Å². The molecule has 0 saturated heterocycles. The maximum absolute atomic E-state index is 11.6. The Balaban J connectivity index is 3.82. The molecule has 0 aromatic rings. The van der Waals surface area contributed by atoms with Crippen molar-refractivity contribution in [2.24, 2.45) is 5.73 Å². The molecule has 0 bridgehead atoms. The van der Waals surface area contributed by atoms with E-state index in [1.165, 1.54) is 0 Å². The number of carbonyl (C=O) groups is 1. The Morgan fingerprint density at radius 3 is 2.62 bits per heavy atom. The number of hydrogen-bond donors (Lipinski definition) is 2. The zero-order valence-corrected chi connectivity index (χ0v) is 10.7. The number of ether oxygens (including phenoxy) is 2. The van der Waals surface area contributed by atoms with Crippen LogP contribution in [-0.4, -0.2) is 44.4 Å². The molecule has 0 aromatic carbocycles. The minimum absolute atomic E-state index is 0.113.